The maximum Gasteiger partial charge on any atom is 0.151 e. The number of hydrogen-bond acceptors (Lipinski definition) is 3. The molecule has 1 aromatic rings. The fourth-order valence-corrected chi connectivity index (χ4v) is 2.45. The number of benzene rings is 1. The van der Waals surface area contributed by atoms with Crippen LogP contribution in [-0.2, 0) is 4.74 Å². The van der Waals surface area contributed by atoms with E-state index in [1.54, 1.807) is 13.2 Å². The molecule has 19 heavy (non-hydrogen) atoms. The summed E-state index contributed by atoms with van der Waals surface area (Å²) in [7, 11) is 1.70. The van der Waals surface area contributed by atoms with Crippen LogP contribution in [0.15, 0.2) is 18.2 Å². The minimum absolute atomic E-state index is 0.452. The molecule has 0 unspecified atom stereocenters. The van der Waals surface area contributed by atoms with Gasteiger partial charge in [0.15, 0.2) is 6.29 Å². The highest BCUT2D eigenvalue weighted by Gasteiger charge is 2.16. The molecule has 0 radical (unpaired) electrons. The van der Waals surface area contributed by atoms with Crippen LogP contribution < -0.4 is 4.90 Å². The number of hydrogen-bond donors (Lipinski definition) is 0. The maximum absolute atomic E-state index is 10.8. The monoisotopic (exact) mass is 283 g/mol. The molecule has 0 spiro atoms. The van der Waals surface area contributed by atoms with Gasteiger partial charge in [-0.25, -0.2) is 0 Å². The summed E-state index contributed by atoms with van der Waals surface area (Å²) in [6.07, 6.45) is 2.91. The van der Waals surface area contributed by atoms with Crippen molar-refractivity contribution in [2.24, 2.45) is 0 Å². The highest BCUT2D eigenvalue weighted by atomic mass is 35.5. The Morgan fingerprint density at radius 1 is 1.37 bits per heavy atom. The van der Waals surface area contributed by atoms with Crippen molar-refractivity contribution < 1.29 is 9.53 Å². The van der Waals surface area contributed by atoms with Gasteiger partial charge in [-0.2, -0.15) is 0 Å². The van der Waals surface area contributed by atoms with E-state index in [1.165, 1.54) is 0 Å². The molecule has 0 N–H and O–H groups in total. The first-order valence-electron chi connectivity index (χ1n) is 6.68. The highest BCUT2D eigenvalue weighted by Crippen LogP contribution is 2.25. The summed E-state index contributed by atoms with van der Waals surface area (Å²) in [5.41, 5.74) is 1.57. The van der Waals surface area contributed by atoms with Crippen LogP contribution in [0.2, 0.25) is 5.02 Å². The molecule has 0 atom stereocenters. The van der Waals surface area contributed by atoms with E-state index in [0.717, 1.165) is 31.4 Å². The van der Waals surface area contributed by atoms with Gasteiger partial charge in [0, 0.05) is 30.9 Å². The number of rotatable bonds is 8. The minimum atomic E-state index is 0.452. The third kappa shape index (κ3) is 4.22. The molecule has 4 heteroatoms. The second-order valence-electron chi connectivity index (χ2n) is 4.48. The average Bonchev–Trinajstić information content (AvgIpc) is 2.43. The number of carbonyl (C=O) groups is 1. The predicted octanol–water partition coefficient (Wildman–Crippen LogP) is 3.79. The molecule has 3 nitrogen and oxygen atoms in total. The second kappa shape index (κ2) is 8.18. The van der Waals surface area contributed by atoms with Crippen molar-refractivity contribution in [1.82, 2.24) is 0 Å². The van der Waals surface area contributed by atoms with E-state index in [1.807, 2.05) is 12.1 Å². The van der Waals surface area contributed by atoms with Crippen LogP contribution in [-0.4, -0.2) is 32.6 Å². The molecule has 0 aliphatic rings. The first kappa shape index (κ1) is 16.0. The summed E-state index contributed by atoms with van der Waals surface area (Å²) in [6.45, 7) is 5.84. The van der Waals surface area contributed by atoms with Crippen LogP contribution in [0.5, 0.6) is 0 Å². The van der Waals surface area contributed by atoms with E-state index in [9.17, 15) is 4.79 Å². The van der Waals surface area contributed by atoms with Gasteiger partial charge >= 0.3 is 0 Å². The van der Waals surface area contributed by atoms with E-state index in [2.05, 4.69) is 18.7 Å². The number of ether oxygens (including phenoxy) is 1. The molecule has 0 aliphatic heterocycles. The van der Waals surface area contributed by atoms with E-state index >= 15 is 0 Å². The summed E-state index contributed by atoms with van der Waals surface area (Å²) in [6, 6.07) is 6.03. The average molecular weight is 284 g/mol. The Kier molecular flexibility index (Phi) is 6.89. The van der Waals surface area contributed by atoms with Crippen LogP contribution >= 0.6 is 11.6 Å². The molecule has 0 aliphatic carbocycles. The van der Waals surface area contributed by atoms with Crippen LogP contribution in [0, 0.1) is 0 Å². The molecular formula is C15H22ClNO2. The van der Waals surface area contributed by atoms with Crippen molar-refractivity contribution in [1.29, 1.82) is 0 Å². The smallest absolute Gasteiger partial charge is 0.151 e. The fourth-order valence-electron chi connectivity index (χ4n) is 2.23. The fraction of sp³-hybridized carbons (Fsp3) is 0.533. The van der Waals surface area contributed by atoms with Gasteiger partial charge in [-0.3, -0.25) is 4.79 Å². The van der Waals surface area contributed by atoms with Gasteiger partial charge in [0.2, 0.25) is 0 Å². The van der Waals surface area contributed by atoms with E-state index in [0.29, 0.717) is 23.2 Å². The van der Waals surface area contributed by atoms with Crippen LogP contribution in [0.3, 0.4) is 0 Å². The van der Waals surface area contributed by atoms with Crippen molar-refractivity contribution in [3.63, 3.8) is 0 Å². The molecule has 0 bridgehead atoms. The number of methoxy groups -OCH3 is 1. The standard InChI is InChI=1S/C15H22ClNO2/c1-4-13(5-2)17(8-9-19-3)14-7-6-12(11-18)15(16)10-14/h6-7,10-11,13H,4-5,8-9H2,1-3H3. The first-order valence-corrected chi connectivity index (χ1v) is 7.06. The third-order valence-electron chi connectivity index (χ3n) is 3.36. The maximum atomic E-state index is 10.8. The SMILES string of the molecule is CCC(CC)N(CCOC)c1ccc(C=O)c(Cl)c1. The van der Waals surface area contributed by atoms with E-state index in [-0.39, 0.29) is 0 Å². The molecule has 0 saturated heterocycles. The van der Waals surface area contributed by atoms with Crippen molar-refractivity contribution in [2.75, 3.05) is 25.2 Å². The van der Waals surface area contributed by atoms with Gasteiger partial charge in [0.25, 0.3) is 0 Å². The van der Waals surface area contributed by atoms with Crippen molar-refractivity contribution >= 4 is 23.6 Å². The Bertz CT molecular complexity index is 405. The van der Waals surface area contributed by atoms with Crippen molar-refractivity contribution in [3.8, 4) is 0 Å². The zero-order valence-electron chi connectivity index (χ0n) is 11.9. The van der Waals surface area contributed by atoms with Gasteiger partial charge in [-0.1, -0.05) is 25.4 Å². The lowest BCUT2D eigenvalue weighted by molar-refractivity contribution is 0.112. The van der Waals surface area contributed by atoms with Gasteiger partial charge < -0.3 is 9.64 Å². The van der Waals surface area contributed by atoms with Gasteiger partial charge in [-0.05, 0) is 31.0 Å². The third-order valence-corrected chi connectivity index (χ3v) is 3.69. The number of halogens is 1. The summed E-state index contributed by atoms with van der Waals surface area (Å²) in [4.78, 5) is 13.1. The van der Waals surface area contributed by atoms with Gasteiger partial charge in [0.05, 0.1) is 11.6 Å². The lowest BCUT2D eigenvalue weighted by atomic mass is 10.1. The molecule has 1 aromatic carbocycles. The highest BCUT2D eigenvalue weighted by molar-refractivity contribution is 6.33. The number of aldehydes is 1. The molecule has 0 amide bonds. The lowest BCUT2D eigenvalue weighted by Crippen LogP contribution is -2.37. The van der Waals surface area contributed by atoms with Crippen molar-refractivity contribution in [3.05, 3.63) is 28.8 Å². The van der Waals surface area contributed by atoms with Crippen LogP contribution in [0.4, 0.5) is 5.69 Å². The Balaban J connectivity index is 3.01. The Morgan fingerprint density at radius 3 is 2.53 bits per heavy atom. The molecule has 0 fully saturated rings. The summed E-state index contributed by atoms with van der Waals surface area (Å²) in [5.74, 6) is 0. The predicted molar refractivity (Wildman–Crippen MR) is 80.4 cm³/mol. The number of anilines is 1. The quantitative estimate of drug-likeness (QED) is 0.680. The Hall–Kier alpha value is -1.06. The summed E-state index contributed by atoms with van der Waals surface area (Å²) < 4.78 is 5.18. The summed E-state index contributed by atoms with van der Waals surface area (Å²) >= 11 is 6.11. The normalized spacial score (nSPS) is 10.8. The van der Waals surface area contributed by atoms with Crippen molar-refractivity contribution in [2.45, 2.75) is 32.7 Å². The zero-order chi connectivity index (χ0) is 14.3. The number of carbonyl (C=O) groups excluding carboxylic acids is 1. The largest absolute Gasteiger partial charge is 0.383 e. The molecule has 1 rings (SSSR count). The topological polar surface area (TPSA) is 29.5 Å². The molecule has 106 valence electrons. The molecule has 0 aromatic heterocycles. The van der Waals surface area contributed by atoms with E-state index in [4.69, 9.17) is 16.3 Å². The lowest BCUT2D eigenvalue weighted by Gasteiger charge is -2.32. The Labute approximate surface area is 120 Å². The summed E-state index contributed by atoms with van der Waals surface area (Å²) in [5, 5.41) is 0.501. The molecule has 0 saturated carbocycles. The van der Waals surface area contributed by atoms with Gasteiger partial charge in [0.1, 0.15) is 0 Å². The molecule has 0 heterocycles. The Morgan fingerprint density at radius 2 is 2.05 bits per heavy atom. The molecular weight excluding hydrogens is 262 g/mol. The van der Waals surface area contributed by atoms with E-state index < -0.39 is 0 Å². The zero-order valence-corrected chi connectivity index (χ0v) is 12.6. The first-order chi connectivity index (χ1) is 9.17. The number of nitrogens with zero attached hydrogens (tertiary/aromatic N) is 1. The van der Waals surface area contributed by atoms with Crippen LogP contribution in [0.1, 0.15) is 37.0 Å². The van der Waals surface area contributed by atoms with Gasteiger partial charge in [-0.15, -0.1) is 0 Å². The second-order valence-corrected chi connectivity index (χ2v) is 4.89. The van der Waals surface area contributed by atoms with Crippen LogP contribution in [0.25, 0.3) is 0 Å². The minimum Gasteiger partial charge on any atom is -0.383 e.